The highest BCUT2D eigenvalue weighted by atomic mass is 16.6. The summed E-state index contributed by atoms with van der Waals surface area (Å²) in [4.78, 5) is 36.0. The van der Waals surface area contributed by atoms with Gasteiger partial charge in [-0.25, -0.2) is 0 Å². The fraction of sp³-hybridized carbons (Fsp3) is 0.394. The molecule has 0 spiro atoms. The Kier molecular flexibility index (Phi) is 6.80. The molecule has 0 heterocycles. The maximum absolute atomic E-state index is 13.3. The Hall–Kier alpha value is -4.20. The number of esters is 1. The first-order valence-electron chi connectivity index (χ1n) is 14.2. The first kappa shape index (κ1) is 27.0. The lowest BCUT2D eigenvalue weighted by molar-refractivity contribution is -0.384. The van der Waals surface area contributed by atoms with Gasteiger partial charge < -0.3 is 14.6 Å². The number of benzene rings is 3. The number of carbonyl (C=O) groups is 2. The molecule has 5 atom stereocenters. The summed E-state index contributed by atoms with van der Waals surface area (Å²) in [5.41, 5.74) is 2.43. The molecule has 8 heteroatoms. The van der Waals surface area contributed by atoms with Gasteiger partial charge in [-0.2, -0.15) is 0 Å². The number of phenolic OH excluding ortho intramolecular Hbond substituents is 1. The third kappa shape index (κ3) is 4.75. The van der Waals surface area contributed by atoms with Crippen molar-refractivity contribution in [2.24, 2.45) is 17.3 Å². The topological polar surface area (TPSA) is 116 Å². The van der Waals surface area contributed by atoms with Crippen LogP contribution in [0.1, 0.15) is 78.9 Å². The number of ketones is 1. The zero-order chi connectivity index (χ0) is 28.9. The summed E-state index contributed by atoms with van der Waals surface area (Å²) in [7, 11) is 0. The van der Waals surface area contributed by atoms with Crippen molar-refractivity contribution in [1.29, 1.82) is 0 Å². The normalized spacial score (nSPS) is 26.3. The van der Waals surface area contributed by atoms with Crippen molar-refractivity contribution >= 4 is 17.4 Å². The highest BCUT2D eigenvalue weighted by Crippen LogP contribution is 2.62. The number of hydrogen-bond donors (Lipinski definition) is 1. The van der Waals surface area contributed by atoms with Crippen LogP contribution >= 0.6 is 0 Å². The maximum Gasteiger partial charge on any atom is 0.302 e. The van der Waals surface area contributed by atoms with E-state index in [0.717, 1.165) is 49.7 Å². The summed E-state index contributed by atoms with van der Waals surface area (Å²) in [6.07, 6.45) is 5.65. The van der Waals surface area contributed by atoms with Gasteiger partial charge in [-0.05, 0) is 85.6 Å². The summed E-state index contributed by atoms with van der Waals surface area (Å²) >= 11 is 0. The standard InChI is InChI=1S/C33H33NO7/c1-19(35)40-31-13-11-27-24-10-8-21-16-30(28(36)18-25(21)23(24)14-15-33(27,31)2)41-29-12-9-22(34(38)39)17-26(29)32(37)20-6-4-3-5-7-20/h3-7,9,12,16-18,23-24,27,31,36H,8,10-11,13-15H2,1-2H3/t23-,24+,27+,31+,33-/m0/s1. The van der Waals surface area contributed by atoms with Gasteiger partial charge in [0.25, 0.3) is 5.69 Å². The Morgan fingerprint density at radius 2 is 1.78 bits per heavy atom. The molecule has 3 aromatic rings. The predicted molar refractivity (Wildman–Crippen MR) is 151 cm³/mol. The van der Waals surface area contributed by atoms with Crippen LogP contribution in [-0.4, -0.2) is 27.9 Å². The van der Waals surface area contributed by atoms with E-state index in [2.05, 4.69) is 6.92 Å². The molecule has 8 nitrogen and oxygen atoms in total. The molecule has 0 saturated heterocycles. The highest BCUT2D eigenvalue weighted by molar-refractivity contribution is 6.11. The average molecular weight is 556 g/mol. The number of rotatable bonds is 6. The molecule has 0 aromatic heterocycles. The first-order chi connectivity index (χ1) is 19.7. The fourth-order valence-corrected chi connectivity index (χ4v) is 7.78. The number of ether oxygens (including phenoxy) is 2. The second kappa shape index (κ2) is 10.3. The van der Waals surface area contributed by atoms with Crippen molar-refractivity contribution < 1.29 is 29.1 Å². The van der Waals surface area contributed by atoms with E-state index >= 15 is 0 Å². The van der Waals surface area contributed by atoms with Crippen molar-refractivity contribution in [2.75, 3.05) is 0 Å². The maximum atomic E-state index is 13.3. The Morgan fingerprint density at radius 1 is 1.00 bits per heavy atom. The predicted octanol–water partition coefficient (Wildman–Crippen LogP) is 7.11. The van der Waals surface area contributed by atoms with Gasteiger partial charge in [0.1, 0.15) is 11.9 Å². The molecular weight excluding hydrogens is 522 g/mol. The van der Waals surface area contributed by atoms with Crippen molar-refractivity contribution in [3.63, 3.8) is 0 Å². The van der Waals surface area contributed by atoms with E-state index in [0.29, 0.717) is 23.3 Å². The van der Waals surface area contributed by atoms with Crippen molar-refractivity contribution in [3.05, 3.63) is 93.0 Å². The second-order valence-electron chi connectivity index (χ2n) is 11.9. The molecule has 2 fully saturated rings. The van der Waals surface area contributed by atoms with E-state index in [1.165, 1.54) is 25.1 Å². The molecule has 0 aliphatic heterocycles. The van der Waals surface area contributed by atoms with Gasteiger partial charge in [-0.15, -0.1) is 0 Å². The molecular formula is C33H33NO7. The SMILES string of the molecule is CC(=O)O[C@@H]1CC[C@@H]2[C@@H]3CCc4cc(Oc5ccc([N+](=O)[O-])cc5C(=O)c5ccccc5)c(O)cc4[C@H]3CC[C@@]21C. The van der Waals surface area contributed by atoms with Crippen LogP contribution in [0.5, 0.6) is 17.2 Å². The molecule has 3 aliphatic carbocycles. The van der Waals surface area contributed by atoms with Crippen LogP contribution < -0.4 is 4.74 Å². The number of non-ortho nitro benzene ring substituents is 1. The number of nitro groups is 1. The first-order valence-corrected chi connectivity index (χ1v) is 14.2. The van der Waals surface area contributed by atoms with Crippen LogP contribution in [0.15, 0.2) is 60.7 Å². The third-order valence-corrected chi connectivity index (χ3v) is 9.70. The number of fused-ring (bicyclic) bond motifs is 5. The Labute approximate surface area is 238 Å². The van der Waals surface area contributed by atoms with E-state index < -0.39 is 10.7 Å². The summed E-state index contributed by atoms with van der Waals surface area (Å²) in [6.45, 7) is 3.76. The van der Waals surface area contributed by atoms with Crippen molar-refractivity contribution in [3.8, 4) is 17.2 Å². The van der Waals surface area contributed by atoms with Crippen molar-refractivity contribution in [1.82, 2.24) is 0 Å². The monoisotopic (exact) mass is 555 g/mol. The number of aryl methyl sites for hydroxylation is 1. The van der Waals surface area contributed by atoms with Crippen molar-refractivity contribution in [2.45, 2.75) is 64.4 Å². The smallest absolute Gasteiger partial charge is 0.302 e. The number of phenols is 1. The number of carbonyl (C=O) groups excluding carboxylic acids is 2. The molecule has 0 bridgehead atoms. The zero-order valence-electron chi connectivity index (χ0n) is 23.2. The van der Waals surface area contributed by atoms with Gasteiger partial charge in [0.15, 0.2) is 17.3 Å². The number of nitrogens with zero attached hydrogens (tertiary/aromatic N) is 1. The zero-order valence-corrected chi connectivity index (χ0v) is 23.2. The van der Waals surface area contributed by atoms with E-state index in [-0.39, 0.29) is 46.0 Å². The van der Waals surface area contributed by atoms with Gasteiger partial charge in [0.05, 0.1) is 10.5 Å². The minimum atomic E-state index is -0.549. The summed E-state index contributed by atoms with van der Waals surface area (Å²) in [5, 5.41) is 22.6. The van der Waals surface area contributed by atoms with Crippen LogP contribution in [0.4, 0.5) is 5.69 Å². The molecule has 41 heavy (non-hydrogen) atoms. The van der Waals surface area contributed by atoms with Gasteiger partial charge in [0, 0.05) is 30.0 Å². The molecule has 3 aromatic carbocycles. The number of hydrogen-bond acceptors (Lipinski definition) is 7. The van der Waals surface area contributed by atoms with E-state index in [4.69, 9.17) is 9.47 Å². The second-order valence-corrected chi connectivity index (χ2v) is 11.9. The molecule has 0 unspecified atom stereocenters. The summed E-state index contributed by atoms with van der Waals surface area (Å²) < 4.78 is 11.9. The number of aromatic hydroxyl groups is 1. The molecule has 212 valence electrons. The largest absolute Gasteiger partial charge is 0.504 e. The van der Waals surface area contributed by atoms with Crippen LogP contribution in [0.25, 0.3) is 0 Å². The van der Waals surface area contributed by atoms with E-state index in [1.807, 2.05) is 6.07 Å². The fourth-order valence-electron chi connectivity index (χ4n) is 7.78. The highest BCUT2D eigenvalue weighted by Gasteiger charge is 2.56. The van der Waals surface area contributed by atoms with Crippen LogP contribution in [0.2, 0.25) is 0 Å². The molecule has 1 N–H and O–H groups in total. The van der Waals surface area contributed by atoms with Gasteiger partial charge >= 0.3 is 5.97 Å². The summed E-state index contributed by atoms with van der Waals surface area (Å²) in [6, 6.07) is 16.1. The average Bonchev–Trinajstić information content (AvgIpc) is 3.29. The van der Waals surface area contributed by atoms with Gasteiger partial charge in [-0.1, -0.05) is 37.3 Å². The molecule has 2 saturated carbocycles. The molecule has 6 rings (SSSR count). The van der Waals surface area contributed by atoms with E-state index in [1.54, 1.807) is 36.4 Å². The van der Waals surface area contributed by atoms with E-state index in [9.17, 15) is 24.8 Å². The van der Waals surface area contributed by atoms with Crippen LogP contribution in [0, 0.1) is 27.4 Å². The lowest BCUT2D eigenvalue weighted by Gasteiger charge is -2.50. The lowest BCUT2D eigenvalue weighted by atomic mass is 9.55. The van der Waals surface area contributed by atoms with Crippen LogP contribution in [-0.2, 0) is 16.0 Å². The third-order valence-electron chi connectivity index (χ3n) is 9.70. The molecule has 0 radical (unpaired) electrons. The minimum absolute atomic E-state index is 0.0208. The lowest BCUT2D eigenvalue weighted by Crippen LogP contribution is -2.45. The Bertz CT molecular complexity index is 1530. The van der Waals surface area contributed by atoms with Gasteiger partial charge in [-0.3, -0.25) is 19.7 Å². The molecule has 3 aliphatic rings. The number of nitro benzene ring substituents is 1. The Morgan fingerprint density at radius 3 is 2.51 bits per heavy atom. The molecule has 0 amide bonds. The Balaban J connectivity index is 1.29. The quantitative estimate of drug-likeness (QED) is 0.149. The van der Waals surface area contributed by atoms with Crippen LogP contribution in [0.3, 0.4) is 0 Å². The summed E-state index contributed by atoms with van der Waals surface area (Å²) in [5.74, 6) is 0.937. The minimum Gasteiger partial charge on any atom is -0.504 e. The van der Waals surface area contributed by atoms with Gasteiger partial charge in [0.2, 0.25) is 0 Å².